The van der Waals surface area contributed by atoms with E-state index in [2.05, 4.69) is 70.7 Å². The summed E-state index contributed by atoms with van der Waals surface area (Å²) >= 11 is 0. The number of hydrogen-bond donors (Lipinski definition) is 3. The molecule has 4 aromatic rings. The highest BCUT2D eigenvalue weighted by molar-refractivity contribution is 5.97. The van der Waals surface area contributed by atoms with Crippen molar-refractivity contribution in [1.29, 1.82) is 0 Å². The van der Waals surface area contributed by atoms with Gasteiger partial charge in [0.1, 0.15) is 12.6 Å². The molecule has 10 heteroatoms. The van der Waals surface area contributed by atoms with Gasteiger partial charge in [-0.15, -0.1) is 0 Å². The molecular formula is C32H36N6O4. The molecule has 0 aliphatic rings. The smallest absolute Gasteiger partial charge is 0.322 e. The quantitative estimate of drug-likeness (QED) is 0.257. The number of carbonyl (C=O) groups excluding carboxylic acids is 2. The third-order valence-electron chi connectivity index (χ3n) is 6.82. The van der Waals surface area contributed by atoms with Gasteiger partial charge in [0.05, 0.1) is 11.8 Å². The summed E-state index contributed by atoms with van der Waals surface area (Å²) in [5.41, 5.74) is 5.16. The maximum atomic E-state index is 12.9. The third-order valence-corrected chi connectivity index (χ3v) is 6.82. The van der Waals surface area contributed by atoms with Crippen LogP contribution in [0.15, 0.2) is 73.3 Å². The van der Waals surface area contributed by atoms with Crippen molar-refractivity contribution in [3.8, 4) is 22.5 Å². The summed E-state index contributed by atoms with van der Waals surface area (Å²) in [7, 11) is 0. The van der Waals surface area contributed by atoms with Crippen LogP contribution in [0.1, 0.15) is 62.1 Å². The molecule has 1 unspecified atom stereocenters. The first-order chi connectivity index (χ1) is 19.9. The first-order valence-corrected chi connectivity index (χ1v) is 13.8. The Morgan fingerprint density at radius 1 is 0.881 bits per heavy atom. The zero-order valence-electron chi connectivity index (χ0n) is 24.5. The van der Waals surface area contributed by atoms with Crippen molar-refractivity contribution in [3.63, 3.8) is 0 Å². The molecular weight excluding hydrogens is 532 g/mol. The second-order valence-electron chi connectivity index (χ2n) is 11.5. The van der Waals surface area contributed by atoms with E-state index in [0.29, 0.717) is 11.4 Å². The lowest BCUT2D eigenvalue weighted by atomic mass is 9.86. The minimum absolute atomic E-state index is 0.0693. The summed E-state index contributed by atoms with van der Waals surface area (Å²) in [4.78, 5) is 45.8. The number of rotatable bonds is 10. The van der Waals surface area contributed by atoms with Crippen LogP contribution in [-0.2, 0) is 21.4 Å². The number of carboxylic acid groups (broad SMARTS) is 1. The number of benzene rings is 2. The molecule has 1 atom stereocenters. The number of carboxylic acids is 1. The Kier molecular flexibility index (Phi) is 9.15. The van der Waals surface area contributed by atoms with Gasteiger partial charge >= 0.3 is 5.97 Å². The van der Waals surface area contributed by atoms with E-state index in [-0.39, 0.29) is 17.9 Å². The first kappa shape index (κ1) is 30.1. The van der Waals surface area contributed by atoms with Crippen LogP contribution in [0, 0.1) is 0 Å². The zero-order chi connectivity index (χ0) is 30.4. The number of nitrogens with zero attached hydrogens (tertiary/aromatic N) is 4. The fourth-order valence-corrected chi connectivity index (χ4v) is 4.29. The summed E-state index contributed by atoms with van der Waals surface area (Å²) in [5, 5.41) is 18.2. The van der Waals surface area contributed by atoms with E-state index >= 15 is 0 Å². The third kappa shape index (κ3) is 7.66. The Balaban J connectivity index is 1.46. The van der Waals surface area contributed by atoms with Gasteiger partial charge in [0.25, 0.3) is 5.91 Å². The van der Waals surface area contributed by atoms with Crippen molar-refractivity contribution in [1.82, 2.24) is 30.4 Å². The first-order valence-electron chi connectivity index (χ1n) is 13.8. The van der Waals surface area contributed by atoms with Gasteiger partial charge in [-0.1, -0.05) is 69.3 Å². The van der Waals surface area contributed by atoms with Crippen molar-refractivity contribution in [2.75, 3.05) is 6.54 Å². The van der Waals surface area contributed by atoms with Gasteiger partial charge in [0, 0.05) is 42.2 Å². The minimum Gasteiger partial charge on any atom is -0.480 e. The molecule has 0 saturated carbocycles. The topological polar surface area (TPSA) is 139 Å². The van der Waals surface area contributed by atoms with E-state index in [1.54, 1.807) is 23.3 Å². The van der Waals surface area contributed by atoms with Crippen LogP contribution in [0.2, 0.25) is 0 Å². The number of aromatic nitrogens is 4. The Labute approximate surface area is 245 Å². The maximum absolute atomic E-state index is 12.9. The summed E-state index contributed by atoms with van der Waals surface area (Å²) in [6.45, 7) is 9.86. The molecule has 10 nitrogen and oxygen atoms in total. The van der Waals surface area contributed by atoms with E-state index in [1.807, 2.05) is 38.1 Å². The second kappa shape index (κ2) is 12.8. The van der Waals surface area contributed by atoms with Gasteiger partial charge in [-0.3, -0.25) is 19.1 Å². The molecule has 218 valence electrons. The summed E-state index contributed by atoms with van der Waals surface area (Å²) in [5.74, 6) is -1.69. The summed E-state index contributed by atoms with van der Waals surface area (Å²) in [6.07, 6.45) is 6.78. The molecule has 0 fully saturated rings. The van der Waals surface area contributed by atoms with Crippen LogP contribution in [0.5, 0.6) is 0 Å². The molecule has 2 amide bonds. The Morgan fingerprint density at radius 2 is 1.50 bits per heavy atom. The Hall–Kier alpha value is -4.86. The molecule has 2 aromatic carbocycles. The second-order valence-corrected chi connectivity index (χ2v) is 11.5. The average Bonchev–Trinajstić information content (AvgIpc) is 3.47. The lowest BCUT2D eigenvalue weighted by Crippen LogP contribution is -2.49. The number of nitrogens with one attached hydrogen (secondary N) is 2. The van der Waals surface area contributed by atoms with Gasteiger partial charge < -0.3 is 15.7 Å². The number of amides is 2. The van der Waals surface area contributed by atoms with Crippen LogP contribution < -0.4 is 10.6 Å². The van der Waals surface area contributed by atoms with E-state index in [4.69, 9.17) is 5.11 Å². The van der Waals surface area contributed by atoms with E-state index in [9.17, 15) is 14.4 Å². The van der Waals surface area contributed by atoms with Crippen LogP contribution in [0.4, 0.5) is 0 Å². The summed E-state index contributed by atoms with van der Waals surface area (Å²) in [6, 6.07) is 14.8. The number of aliphatic carboxylic acids is 1. The monoisotopic (exact) mass is 568 g/mol. The molecule has 3 N–H and O–H groups in total. The van der Waals surface area contributed by atoms with Gasteiger partial charge in [0.15, 0.2) is 5.82 Å². The zero-order valence-corrected chi connectivity index (χ0v) is 24.5. The van der Waals surface area contributed by atoms with Gasteiger partial charge in [0.2, 0.25) is 5.91 Å². The lowest BCUT2D eigenvalue weighted by molar-refractivity contribution is -0.138. The van der Waals surface area contributed by atoms with Crippen LogP contribution in [-0.4, -0.2) is 55.2 Å². The highest BCUT2D eigenvalue weighted by atomic mass is 16.4. The maximum Gasteiger partial charge on any atom is 0.322 e. The highest BCUT2D eigenvalue weighted by Crippen LogP contribution is 2.26. The average molecular weight is 569 g/mol. The van der Waals surface area contributed by atoms with Crippen molar-refractivity contribution < 1.29 is 19.5 Å². The van der Waals surface area contributed by atoms with E-state index < -0.39 is 30.4 Å². The largest absolute Gasteiger partial charge is 0.480 e. The van der Waals surface area contributed by atoms with Crippen molar-refractivity contribution in [2.45, 2.75) is 58.5 Å². The molecule has 2 aromatic heterocycles. The Morgan fingerprint density at radius 3 is 2.05 bits per heavy atom. The predicted molar refractivity (Wildman–Crippen MR) is 160 cm³/mol. The molecule has 0 spiro atoms. The Bertz CT molecular complexity index is 1540. The van der Waals surface area contributed by atoms with Gasteiger partial charge in [-0.2, -0.15) is 5.10 Å². The molecule has 2 heterocycles. The van der Waals surface area contributed by atoms with Crippen LogP contribution >= 0.6 is 0 Å². The molecule has 42 heavy (non-hydrogen) atoms. The normalized spacial score (nSPS) is 12.1. The molecule has 0 aliphatic heterocycles. The van der Waals surface area contributed by atoms with Crippen LogP contribution in [0.25, 0.3) is 22.5 Å². The molecule has 4 rings (SSSR count). The lowest BCUT2D eigenvalue weighted by Gasteiger charge is -2.19. The van der Waals surface area contributed by atoms with Crippen molar-refractivity contribution in [2.24, 2.45) is 0 Å². The van der Waals surface area contributed by atoms with Gasteiger partial charge in [-0.25, -0.2) is 9.97 Å². The van der Waals surface area contributed by atoms with E-state index in [0.717, 1.165) is 22.3 Å². The molecule has 0 aliphatic carbocycles. The van der Waals surface area contributed by atoms with Crippen molar-refractivity contribution in [3.05, 3.63) is 90.0 Å². The molecule has 0 bridgehead atoms. The molecule has 0 saturated heterocycles. The van der Waals surface area contributed by atoms with Crippen LogP contribution in [0.3, 0.4) is 0 Å². The minimum atomic E-state index is -1.18. The fourth-order valence-electron chi connectivity index (χ4n) is 4.29. The van der Waals surface area contributed by atoms with E-state index in [1.165, 1.54) is 11.8 Å². The molecule has 0 radical (unpaired) electrons. The van der Waals surface area contributed by atoms with Gasteiger partial charge in [-0.05, 0) is 36.0 Å². The fraction of sp³-hybridized carbons (Fsp3) is 0.312. The number of hydrogen-bond acceptors (Lipinski definition) is 6. The summed E-state index contributed by atoms with van der Waals surface area (Å²) < 4.78 is 1.64. The number of carbonyl (C=O) groups is 3. The standard InChI is InChI=1S/C32H36N6O4/c1-20(2)38-19-25(17-36-38)30(41)37-27(31(42)35-18-28(39)40)14-21-6-8-23(9-7-21)29-33-15-24(16-34-29)22-10-12-26(13-11-22)32(3,4)5/h6-13,15-17,19-20,27H,14,18H2,1-5H3,(H,35,42)(H,37,41)(H,39,40). The SMILES string of the molecule is CC(C)n1cc(C(=O)NC(Cc2ccc(-c3ncc(-c4ccc(C(C)(C)C)cc4)cn3)cc2)C(=O)NCC(=O)O)cn1. The predicted octanol–water partition coefficient (Wildman–Crippen LogP) is 4.43. The van der Waals surface area contributed by atoms with Crippen molar-refractivity contribution >= 4 is 17.8 Å². The highest BCUT2D eigenvalue weighted by Gasteiger charge is 2.23.